The molecule has 7 heteroatoms. The number of likely N-dealkylation sites (N-methyl/N-ethyl adjacent to an activating group) is 1. The van der Waals surface area contributed by atoms with Crippen molar-refractivity contribution < 1.29 is 4.79 Å². The maximum atomic E-state index is 12.7. The number of hydrogen-bond donors (Lipinski definition) is 0. The lowest BCUT2D eigenvalue weighted by Gasteiger charge is -2.23. The molecule has 0 saturated carbocycles. The Hall–Kier alpha value is -1.66. The van der Waals surface area contributed by atoms with E-state index in [1.54, 1.807) is 11.0 Å². The summed E-state index contributed by atoms with van der Waals surface area (Å²) in [6.07, 6.45) is 0.749. The van der Waals surface area contributed by atoms with Crippen molar-refractivity contribution in [2.75, 3.05) is 23.4 Å². The van der Waals surface area contributed by atoms with E-state index in [-0.39, 0.29) is 11.9 Å². The molecule has 1 aromatic heterocycles. The molecule has 2 aromatic rings. The van der Waals surface area contributed by atoms with Crippen molar-refractivity contribution in [1.82, 2.24) is 10.2 Å². The maximum absolute atomic E-state index is 12.7. The molecule has 3 rings (SSSR count). The number of nitrogens with zero attached hydrogens (tertiary/aromatic N) is 4. The van der Waals surface area contributed by atoms with Crippen LogP contribution in [0.1, 0.15) is 11.4 Å². The summed E-state index contributed by atoms with van der Waals surface area (Å²) in [5.41, 5.74) is 0.772. The minimum absolute atomic E-state index is 0.0541. The van der Waals surface area contributed by atoms with Crippen LogP contribution in [0.3, 0.4) is 0 Å². The van der Waals surface area contributed by atoms with Gasteiger partial charge < -0.3 is 9.80 Å². The number of carbonyl (C=O) groups excluding carboxylic acids is 1. The SMILES string of the molecule is Cc1nnc(N(C)[C@H]2CCN(c3ccccc3Cl)C2=O)s1. The molecule has 0 radical (unpaired) electrons. The largest absolute Gasteiger partial charge is 0.338 e. The first-order valence-corrected chi connectivity index (χ1v) is 7.86. The van der Waals surface area contributed by atoms with E-state index in [1.807, 2.05) is 37.1 Å². The molecule has 2 heterocycles. The Kier molecular flexibility index (Phi) is 3.82. The lowest BCUT2D eigenvalue weighted by atomic mass is 10.2. The minimum atomic E-state index is -0.214. The fraction of sp³-hybridized carbons (Fsp3) is 0.357. The number of halogens is 1. The van der Waals surface area contributed by atoms with E-state index in [9.17, 15) is 4.79 Å². The molecule has 1 fully saturated rings. The van der Waals surface area contributed by atoms with Gasteiger partial charge in [-0.15, -0.1) is 10.2 Å². The predicted molar refractivity (Wildman–Crippen MR) is 85.3 cm³/mol. The highest BCUT2D eigenvalue weighted by atomic mass is 35.5. The summed E-state index contributed by atoms with van der Waals surface area (Å²) in [5.74, 6) is 0.0541. The van der Waals surface area contributed by atoms with E-state index in [1.165, 1.54) is 11.3 Å². The molecule has 0 spiro atoms. The third-order valence-corrected chi connectivity index (χ3v) is 4.85. The molecule has 1 amide bonds. The van der Waals surface area contributed by atoms with Crippen LogP contribution in [0.15, 0.2) is 24.3 Å². The van der Waals surface area contributed by atoms with Crippen molar-refractivity contribution in [2.24, 2.45) is 0 Å². The van der Waals surface area contributed by atoms with Gasteiger partial charge in [-0.2, -0.15) is 0 Å². The lowest BCUT2D eigenvalue weighted by Crippen LogP contribution is -2.39. The number of anilines is 2. The van der Waals surface area contributed by atoms with Crippen LogP contribution in [0.4, 0.5) is 10.8 Å². The van der Waals surface area contributed by atoms with Crippen molar-refractivity contribution in [2.45, 2.75) is 19.4 Å². The molecule has 0 N–H and O–H groups in total. The highest BCUT2D eigenvalue weighted by molar-refractivity contribution is 7.15. The first kappa shape index (κ1) is 14.3. The summed E-state index contributed by atoms with van der Waals surface area (Å²) in [7, 11) is 1.89. The second kappa shape index (κ2) is 5.61. The summed E-state index contributed by atoms with van der Waals surface area (Å²) >= 11 is 7.68. The van der Waals surface area contributed by atoms with Crippen LogP contribution in [0.2, 0.25) is 5.02 Å². The Bertz CT molecular complexity index is 674. The average molecular weight is 323 g/mol. The van der Waals surface area contributed by atoms with Crippen LogP contribution in [0.25, 0.3) is 0 Å². The van der Waals surface area contributed by atoms with Gasteiger partial charge in [-0.3, -0.25) is 4.79 Å². The van der Waals surface area contributed by atoms with Gasteiger partial charge in [-0.05, 0) is 25.5 Å². The number of rotatable bonds is 3. The second-order valence-electron chi connectivity index (χ2n) is 4.96. The lowest BCUT2D eigenvalue weighted by molar-refractivity contribution is -0.118. The number of carbonyl (C=O) groups is 1. The average Bonchev–Trinajstić information content (AvgIpc) is 3.05. The van der Waals surface area contributed by atoms with Gasteiger partial charge in [0, 0.05) is 13.6 Å². The Morgan fingerprint density at radius 3 is 2.81 bits per heavy atom. The molecule has 1 saturated heterocycles. The number of aromatic nitrogens is 2. The molecule has 21 heavy (non-hydrogen) atoms. The topological polar surface area (TPSA) is 49.3 Å². The Morgan fingerprint density at radius 2 is 2.14 bits per heavy atom. The predicted octanol–water partition coefficient (Wildman–Crippen LogP) is 2.74. The Morgan fingerprint density at radius 1 is 1.38 bits per heavy atom. The Balaban J connectivity index is 1.82. The summed E-state index contributed by atoms with van der Waals surface area (Å²) in [6, 6.07) is 7.21. The van der Waals surface area contributed by atoms with Crippen molar-refractivity contribution in [3.8, 4) is 0 Å². The third kappa shape index (κ3) is 2.61. The molecular weight excluding hydrogens is 308 g/mol. The molecule has 1 aliphatic heterocycles. The molecule has 1 aromatic carbocycles. The number of amides is 1. The quantitative estimate of drug-likeness (QED) is 0.872. The zero-order valence-corrected chi connectivity index (χ0v) is 13.4. The van der Waals surface area contributed by atoms with Crippen molar-refractivity contribution in [1.29, 1.82) is 0 Å². The van der Waals surface area contributed by atoms with Gasteiger partial charge in [0.2, 0.25) is 11.0 Å². The molecule has 0 bridgehead atoms. The molecule has 1 aliphatic rings. The van der Waals surface area contributed by atoms with E-state index in [0.717, 1.165) is 22.2 Å². The second-order valence-corrected chi connectivity index (χ2v) is 6.53. The van der Waals surface area contributed by atoms with Gasteiger partial charge in [0.15, 0.2) is 0 Å². The van der Waals surface area contributed by atoms with Crippen molar-refractivity contribution in [3.63, 3.8) is 0 Å². The van der Waals surface area contributed by atoms with E-state index < -0.39 is 0 Å². The number of benzene rings is 1. The molecule has 110 valence electrons. The van der Waals surface area contributed by atoms with Gasteiger partial charge >= 0.3 is 0 Å². The third-order valence-electron chi connectivity index (χ3n) is 3.61. The van der Waals surface area contributed by atoms with E-state index in [4.69, 9.17) is 11.6 Å². The smallest absolute Gasteiger partial charge is 0.249 e. The van der Waals surface area contributed by atoms with E-state index in [0.29, 0.717) is 11.6 Å². The first-order valence-electron chi connectivity index (χ1n) is 6.67. The zero-order chi connectivity index (χ0) is 15.0. The molecule has 0 unspecified atom stereocenters. The van der Waals surface area contributed by atoms with Crippen LogP contribution in [-0.2, 0) is 4.79 Å². The van der Waals surface area contributed by atoms with Crippen LogP contribution >= 0.6 is 22.9 Å². The zero-order valence-electron chi connectivity index (χ0n) is 11.8. The number of aryl methyl sites for hydroxylation is 1. The van der Waals surface area contributed by atoms with Crippen LogP contribution in [0, 0.1) is 6.92 Å². The molecular formula is C14H15ClN4OS. The minimum Gasteiger partial charge on any atom is -0.338 e. The van der Waals surface area contributed by atoms with Crippen LogP contribution in [0.5, 0.6) is 0 Å². The van der Waals surface area contributed by atoms with Crippen molar-refractivity contribution in [3.05, 3.63) is 34.3 Å². The fourth-order valence-electron chi connectivity index (χ4n) is 2.50. The molecule has 5 nitrogen and oxygen atoms in total. The Labute approximate surface area is 132 Å². The van der Waals surface area contributed by atoms with Crippen LogP contribution in [-0.4, -0.2) is 35.7 Å². The summed E-state index contributed by atoms with van der Waals surface area (Å²) < 4.78 is 0. The van der Waals surface area contributed by atoms with Gasteiger partial charge in [0.1, 0.15) is 11.0 Å². The summed E-state index contributed by atoms with van der Waals surface area (Å²) in [4.78, 5) is 16.3. The van der Waals surface area contributed by atoms with Gasteiger partial charge in [0.25, 0.3) is 0 Å². The van der Waals surface area contributed by atoms with E-state index in [2.05, 4.69) is 10.2 Å². The van der Waals surface area contributed by atoms with Crippen LogP contribution < -0.4 is 9.80 Å². The monoisotopic (exact) mass is 322 g/mol. The summed E-state index contributed by atoms with van der Waals surface area (Å²) in [5, 5.41) is 10.4. The fourth-order valence-corrected chi connectivity index (χ4v) is 3.43. The number of hydrogen-bond acceptors (Lipinski definition) is 5. The molecule has 0 aliphatic carbocycles. The van der Waals surface area contributed by atoms with Gasteiger partial charge in [-0.1, -0.05) is 35.1 Å². The molecule has 1 atom stereocenters. The highest BCUT2D eigenvalue weighted by Gasteiger charge is 2.37. The first-order chi connectivity index (χ1) is 10.1. The highest BCUT2D eigenvalue weighted by Crippen LogP contribution is 2.32. The standard InChI is InChI=1S/C14H15ClN4OS/c1-9-16-17-14(21-9)18(2)12-7-8-19(13(12)20)11-6-4-3-5-10(11)15/h3-6,12H,7-8H2,1-2H3/t12-/m0/s1. The van der Waals surface area contributed by atoms with Gasteiger partial charge in [0.05, 0.1) is 10.7 Å². The summed E-state index contributed by atoms with van der Waals surface area (Å²) in [6.45, 7) is 2.57. The van der Waals surface area contributed by atoms with E-state index >= 15 is 0 Å². The normalized spacial score (nSPS) is 18.3. The maximum Gasteiger partial charge on any atom is 0.249 e. The van der Waals surface area contributed by atoms with Crippen molar-refractivity contribution >= 4 is 39.7 Å². The number of para-hydroxylation sites is 1. The van der Waals surface area contributed by atoms with Gasteiger partial charge in [-0.25, -0.2) is 0 Å².